The first kappa shape index (κ1) is 11.1. The molecule has 2 radical (unpaired) electrons. The topological polar surface area (TPSA) is 57.0 Å². The van der Waals surface area contributed by atoms with Gasteiger partial charge < -0.3 is 5.48 Å². The number of nitrogens with one attached hydrogen (secondary N) is 1. The van der Waals surface area contributed by atoms with E-state index in [0.717, 1.165) is 0 Å². The molecule has 1 aromatic rings. The van der Waals surface area contributed by atoms with Gasteiger partial charge in [-0.1, -0.05) is 0 Å². The van der Waals surface area contributed by atoms with E-state index < -0.39 is 0 Å². The molecule has 0 atom stereocenters. The molecular formula is C4H6CaN2O. The van der Waals surface area contributed by atoms with Gasteiger partial charge in [0.15, 0.2) is 12.4 Å². The average Bonchev–Trinajstić information content (AvgIpc) is 1.72. The van der Waals surface area contributed by atoms with E-state index in [0.29, 0.717) is 0 Å². The van der Waals surface area contributed by atoms with Crippen molar-refractivity contribution in [3.8, 4) is 0 Å². The Balaban J connectivity index is 0. The maximum absolute atomic E-state index is 3.75. The molecule has 2 N–H and O–H groups in total. The Kier molecular flexibility index (Phi) is 10.2. The predicted octanol–water partition coefficient (Wildman–Crippen LogP) is -0.662. The zero-order chi connectivity index (χ0) is 4.24. The van der Waals surface area contributed by atoms with Crippen LogP contribution in [0.5, 0.6) is 0 Å². The summed E-state index contributed by atoms with van der Waals surface area (Å²) >= 11 is 0. The minimum absolute atomic E-state index is 0. The molecule has 0 bridgehead atoms. The fraction of sp³-hybridized carbons (Fsp3) is 0. The SMILES string of the molecule is [Ca].[OH-].c1c[nH+]ccn1. The van der Waals surface area contributed by atoms with E-state index in [1.165, 1.54) is 0 Å². The summed E-state index contributed by atoms with van der Waals surface area (Å²) in [6, 6.07) is 0. The van der Waals surface area contributed by atoms with Crippen LogP contribution in [0.1, 0.15) is 0 Å². The molecule has 3 nitrogen and oxygen atoms in total. The maximum atomic E-state index is 3.75. The van der Waals surface area contributed by atoms with E-state index in [9.17, 15) is 0 Å². The number of aromatic amines is 1. The van der Waals surface area contributed by atoms with Gasteiger partial charge >= 0.3 is 0 Å². The van der Waals surface area contributed by atoms with Gasteiger partial charge in [0.2, 0.25) is 0 Å². The van der Waals surface area contributed by atoms with Crippen molar-refractivity contribution in [2.24, 2.45) is 0 Å². The van der Waals surface area contributed by atoms with E-state index in [1.54, 1.807) is 24.8 Å². The van der Waals surface area contributed by atoms with E-state index >= 15 is 0 Å². The summed E-state index contributed by atoms with van der Waals surface area (Å²) in [5.74, 6) is 0. The van der Waals surface area contributed by atoms with Gasteiger partial charge in [-0.25, -0.2) is 4.98 Å². The normalized spacial score (nSPS) is 6.00. The summed E-state index contributed by atoms with van der Waals surface area (Å²) in [6.45, 7) is 0. The Morgan fingerprint density at radius 2 is 1.62 bits per heavy atom. The fourth-order valence-electron chi connectivity index (χ4n) is 0.277. The van der Waals surface area contributed by atoms with Crippen LogP contribution >= 0.6 is 0 Å². The second-order valence-electron chi connectivity index (χ2n) is 0.947. The van der Waals surface area contributed by atoms with Crippen molar-refractivity contribution in [3.63, 3.8) is 0 Å². The second kappa shape index (κ2) is 7.30. The molecule has 1 rings (SSSR count). The molecule has 0 spiro atoms. The van der Waals surface area contributed by atoms with E-state index in [4.69, 9.17) is 0 Å². The molecule has 1 aromatic heterocycles. The Morgan fingerprint density at radius 1 is 1.12 bits per heavy atom. The van der Waals surface area contributed by atoms with E-state index in [-0.39, 0.29) is 43.2 Å². The van der Waals surface area contributed by atoms with Crippen LogP contribution in [-0.2, 0) is 0 Å². The molecule has 40 valence electrons. The van der Waals surface area contributed by atoms with Crippen LogP contribution in [0.15, 0.2) is 24.8 Å². The Morgan fingerprint density at radius 3 is 1.75 bits per heavy atom. The number of rotatable bonds is 0. The first-order valence-corrected chi connectivity index (χ1v) is 1.76. The molecule has 1 heterocycles. The molecule has 0 aromatic carbocycles. The van der Waals surface area contributed by atoms with Crippen LogP contribution in [0.25, 0.3) is 0 Å². The Labute approximate surface area is 77.5 Å². The van der Waals surface area contributed by atoms with Gasteiger partial charge in [-0.2, -0.15) is 0 Å². The van der Waals surface area contributed by atoms with Crippen molar-refractivity contribution < 1.29 is 10.5 Å². The van der Waals surface area contributed by atoms with Gasteiger partial charge in [-0.3, -0.25) is 4.98 Å². The molecule has 0 fully saturated rings. The molecule has 0 aliphatic heterocycles. The summed E-state index contributed by atoms with van der Waals surface area (Å²) < 4.78 is 0. The van der Waals surface area contributed by atoms with Crippen molar-refractivity contribution in [2.75, 3.05) is 0 Å². The van der Waals surface area contributed by atoms with Crippen LogP contribution in [0, 0.1) is 0 Å². The zero-order valence-corrected chi connectivity index (χ0v) is 6.62. The summed E-state index contributed by atoms with van der Waals surface area (Å²) in [5, 5.41) is 0. The van der Waals surface area contributed by atoms with Crippen LogP contribution in [0.4, 0.5) is 0 Å². The third kappa shape index (κ3) is 4.46. The monoisotopic (exact) mass is 138 g/mol. The second-order valence-corrected chi connectivity index (χ2v) is 0.947. The predicted molar refractivity (Wildman–Crippen MR) is 28.5 cm³/mol. The van der Waals surface area contributed by atoms with Gasteiger partial charge in [0.1, 0.15) is 0 Å². The molecule has 0 saturated heterocycles. The molecule has 0 aliphatic rings. The minimum Gasteiger partial charge on any atom is -0.870 e. The largest absolute Gasteiger partial charge is 0.870 e. The molecular weight excluding hydrogens is 132 g/mol. The Hall–Kier alpha value is 0.300. The van der Waals surface area contributed by atoms with Gasteiger partial charge in [0.25, 0.3) is 0 Å². The molecule has 0 unspecified atom stereocenters. The van der Waals surface area contributed by atoms with Crippen molar-refractivity contribution in [1.29, 1.82) is 0 Å². The zero-order valence-electron chi connectivity index (χ0n) is 4.41. The smallest absolute Gasteiger partial charge is 0.185 e. The quantitative estimate of drug-likeness (QED) is 0.447. The maximum Gasteiger partial charge on any atom is 0.185 e. The number of aromatic nitrogens is 2. The van der Waals surface area contributed by atoms with Crippen molar-refractivity contribution in [3.05, 3.63) is 24.8 Å². The summed E-state index contributed by atoms with van der Waals surface area (Å²) in [6.07, 6.45) is 6.92. The first-order valence-electron chi connectivity index (χ1n) is 1.76. The fourth-order valence-corrected chi connectivity index (χ4v) is 0.277. The number of hydrogen-bond acceptors (Lipinski definition) is 2. The third-order valence-corrected chi connectivity index (χ3v) is 0.514. The van der Waals surface area contributed by atoms with Crippen LogP contribution in [-0.4, -0.2) is 48.2 Å². The standard InChI is InChI=1S/C4H4N2.Ca.H2O/c1-2-6-4-3-5-1;;/h1-4H;;1H2. The Bertz CT molecular complexity index is 86.0. The average molecular weight is 138 g/mol. The first-order chi connectivity index (χ1) is 3.00. The molecule has 4 heteroatoms. The van der Waals surface area contributed by atoms with E-state index in [1.807, 2.05) is 0 Å². The van der Waals surface area contributed by atoms with Crippen molar-refractivity contribution in [2.45, 2.75) is 0 Å². The third-order valence-electron chi connectivity index (χ3n) is 0.514. The van der Waals surface area contributed by atoms with E-state index in [2.05, 4.69) is 9.97 Å². The molecule has 0 aliphatic carbocycles. The van der Waals surface area contributed by atoms with Crippen LogP contribution < -0.4 is 4.98 Å². The molecule has 0 saturated carbocycles. The number of hydrogen-bond donors (Lipinski definition) is 0. The number of nitrogens with zero attached hydrogens (tertiary/aromatic N) is 1. The van der Waals surface area contributed by atoms with Crippen molar-refractivity contribution >= 4 is 37.7 Å². The van der Waals surface area contributed by atoms with Gasteiger partial charge in [0, 0.05) is 37.7 Å². The summed E-state index contributed by atoms with van der Waals surface area (Å²) in [4.78, 5) is 6.58. The minimum atomic E-state index is 0. The van der Waals surface area contributed by atoms with Gasteiger partial charge in [0.05, 0.1) is 12.4 Å². The van der Waals surface area contributed by atoms with Crippen LogP contribution in [0.3, 0.4) is 0 Å². The molecule has 0 amide bonds. The van der Waals surface area contributed by atoms with Crippen molar-refractivity contribution in [1.82, 2.24) is 4.98 Å². The summed E-state index contributed by atoms with van der Waals surface area (Å²) in [7, 11) is 0. The molecule has 8 heavy (non-hydrogen) atoms. The van der Waals surface area contributed by atoms with Gasteiger partial charge in [-0.05, 0) is 0 Å². The van der Waals surface area contributed by atoms with Gasteiger partial charge in [-0.15, -0.1) is 0 Å². The summed E-state index contributed by atoms with van der Waals surface area (Å²) in [5.41, 5.74) is 0. The van der Waals surface area contributed by atoms with Crippen LogP contribution in [0.2, 0.25) is 0 Å². The number of H-pyrrole nitrogens is 1.